The van der Waals surface area contributed by atoms with Crippen LogP contribution in [0.5, 0.6) is 0 Å². The number of hydrogen-bond acceptors (Lipinski definition) is 2. The van der Waals surface area contributed by atoms with Crippen LogP contribution in [0.2, 0.25) is 0 Å². The number of rotatable bonds is 2. The van der Waals surface area contributed by atoms with Gasteiger partial charge in [0.1, 0.15) is 0 Å². The van der Waals surface area contributed by atoms with Crippen molar-refractivity contribution in [1.29, 1.82) is 0 Å². The Hall–Kier alpha value is -0.0800. The highest BCUT2D eigenvalue weighted by Gasteiger charge is 2.39. The second kappa shape index (κ2) is 4.89. The minimum Gasteiger partial charge on any atom is -0.316 e. The van der Waals surface area contributed by atoms with E-state index in [0.29, 0.717) is 0 Å². The van der Waals surface area contributed by atoms with Crippen molar-refractivity contribution in [3.8, 4) is 0 Å². The molecule has 0 radical (unpaired) electrons. The van der Waals surface area contributed by atoms with Gasteiger partial charge in [-0.15, -0.1) is 0 Å². The van der Waals surface area contributed by atoms with Crippen molar-refractivity contribution < 1.29 is 0 Å². The van der Waals surface area contributed by atoms with E-state index in [1.807, 2.05) is 0 Å². The molecule has 3 fully saturated rings. The topological polar surface area (TPSA) is 15.3 Å². The molecule has 17 heavy (non-hydrogen) atoms. The van der Waals surface area contributed by atoms with Gasteiger partial charge in [-0.3, -0.25) is 4.90 Å². The molecule has 3 rings (SSSR count). The molecule has 1 atom stereocenters. The van der Waals surface area contributed by atoms with Crippen LogP contribution in [0.1, 0.15) is 57.8 Å². The molecule has 3 aliphatic rings. The monoisotopic (exact) mass is 236 g/mol. The summed E-state index contributed by atoms with van der Waals surface area (Å²) in [6.07, 6.45) is 13.5. The summed E-state index contributed by atoms with van der Waals surface area (Å²) in [5, 5.41) is 3.44. The Kier molecular flexibility index (Phi) is 3.45. The van der Waals surface area contributed by atoms with Gasteiger partial charge in [-0.25, -0.2) is 0 Å². The molecule has 2 saturated carbocycles. The standard InChI is InChI=1S/C15H28N2/c1-16-13-6-11-17(12-13)14-4-9-15(10-5-14)7-2-3-8-15/h13-14,16H,2-12H2,1H3. The fourth-order valence-electron chi connectivity index (χ4n) is 4.56. The van der Waals surface area contributed by atoms with Gasteiger partial charge in [0, 0.05) is 25.2 Å². The molecule has 98 valence electrons. The molecule has 1 saturated heterocycles. The lowest BCUT2D eigenvalue weighted by molar-refractivity contribution is 0.105. The van der Waals surface area contributed by atoms with E-state index in [9.17, 15) is 0 Å². The molecule has 1 unspecified atom stereocenters. The molecule has 0 aromatic heterocycles. The van der Waals surface area contributed by atoms with Crippen molar-refractivity contribution in [1.82, 2.24) is 10.2 Å². The van der Waals surface area contributed by atoms with Crippen molar-refractivity contribution in [2.45, 2.75) is 69.9 Å². The highest BCUT2D eigenvalue weighted by molar-refractivity contribution is 4.94. The molecule has 2 heteroatoms. The van der Waals surface area contributed by atoms with Crippen LogP contribution in [0, 0.1) is 5.41 Å². The molecule has 0 aromatic rings. The quantitative estimate of drug-likeness (QED) is 0.793. The van der Waals surface area contributed by atoms with E-state index in [2.05, 4.69) is 17.3 Å². The van der Waals surface area contributed by atoms with Gasteiger partial charge in [0.25, 0.3) is 0 Å². The Labute approximate surface area is 106 Å². The number of likely N-dealkylation sites (tertiary alicyclic amines) is 1. The Morgan fingerprint density at radius 3 is 2.29 bits per heavy atom. The normalized spacial score (nSPS) is 34.8. The first-order chi connectivity index (χ1) is 8.31. The molecule has 0 bridgehead atoms. The second-order valence-electron chi connectivity index (χ2n) is 6.71. The van der Waals surface area contributed by atoms with E-state index in [1.165, 1.54) is 58.0 Å². The molecular weight excluding hydrogens is 208 g/mol. The van der Waals surface area contributed by atoms with Crippen molar-refractivity contribution in [2.24, 2.45) is 5.41 Å². The van der Waals surface area contributed by atoms with Gasteiger partial charge in [-0.1, -0.05) is 12.8 Å². The molecule has 1 heterocycles. The third kappa shape index (κ3) is 2.39. The summed E-state index contributed by atoms with van der Waals surface area (Å²) in [5.74, 6) is 0. The Morgan fingerprint density at radius 1 is 1.00 bits per heavy atom. The average Bonchev–Trinajstić information content (AvgIpc) is 3.00. The van der Waals surface area contributed by atoms with Gasteiger partial charge in [0.05, 0.1) is 0 Å². The first-order valence-electron chi connectivity index (χ1n) is 7.73. The molecule has 2 nitrogen and oxygen atoms in total. The predicted octanol–water partition coefficient (Wildman–Crippen LogP) is 2.78. The predicted molar refractivity (Wildman–Crippen MR) is 72.2 cm³/mol. The molecular formula is C15H28N2. The van der Waals surface area contributed by atoms with Crippen LogP contribution >= 0.6 is 0 Å². The maximum absolute atomic E-state index is 3.44. The van der Waals surface area contributed by atoms with E-state index in [4.69, 9.17) is 0 Å². The maximum atomic E-state index is 3.44. The van der Waals surface area contributed by atoms with Crippen LogP contribution in [0.15, 0.2) is 0 Å². The van der Waals surface area contributed by atoms with Crippen molar-refractivity contribution in [3.63, 3.8) is 0 Å². The lowest BCUT2D eigenvalue weighted by atomic mass is 9.71. The van der Waals surface area contributed by atoms with Crippen LogP contribution in [0.25, 0.3) is 0 Å². The molecule has 0 aromatic carbocycles. The largest absolute Gasteiger partial charge is 0.316 e. The fourth-order valence-corrected chi connectivity index (χ4v) is 4.56. The van der Waals surface area contributed by atoms with E-state index >= 15 is 0 Å². The second-order valence-corrected chi connectivity index (χ2v) is 6.71. The first kappa shape index (κ1) is 12.0. The minimum absolute atomic E-state index is 0.761. The van der Waals surface area contributed by atoms with Gasteiger partial charge in [-0.05, 0) is 57.4 Å². The number of nitrogens with zero attached hydrogens (tertiary/aromatic N) is 1. The first-order valence-corrected chi connectivity index (χ1v) is 7.73. The van der Waals surface area contributed by atoms with Gasteiger partial charge in [0.2, 0.25) is 0 Å². The smallest absolute Gasteiger partial charge is 0.0204 e. The van der Waals surface area contributed by atoms with Crippen molar-refractivity contribution in [3.05, 3.63) is 0 Å². The number of nitrogens with one attached hydrogen (secondary N) is 1. The van der Waals surface area contributed by atoms with E-state index in [0.717, 1.165) is 17.5 Å². The van der Waals surface area contributed by atoms with Crippen LogP contribution in [-0.4, -0.2) is 37.1 Å². The molecule has 1 N–H and O–H groups in total. The molecule has 1 aliphatic heterocycles. The third-order valence-electron chi connectivity index (χ3n) is 5.82. The lowest BCUT2D eigenvalue weighted by Gasteiger charge is -2.40. The Bertz CT molecular complexity index is 248. The van der Waals surface area contributed by atoms with Crippen LogP contribution in [0.3, 0.4) is 0 Å². The summed E-state index contributed by atoms with van der Waals surface area (Å²) < 4.78 is 0. The van der Waals surface area contributed by atoms with Gasteiger partial charge >= 0.3 is 0 Å². The fraction of sp³-hybridized carbons (Fsp3) is 1.00. The van der Waals surface area contributed by atoms with Crippen molar-refractivity contribution in [2.75, 3.05) is 20.1 Å². The Balaban J connectivity index is 1.51. The highest BCUT2D eigenvalue weighted by Crippen LogP contribution is 2.49. The molecule has 1 spiro atoms. The highest BCUT2D eigenvalue weighted by atomic mass is 15.2. The number of likely N-dealkylation sites (N-methyl/N-ethyl adjacent to an activating group) is 1. The van der Waals surface area contributed by atoms with E-state index in [-0.39, 0.29) is 0 Å². The van der Waals surface area contributed by atoms with Crippen molar-refractivity contribution >= 4 is 0 Å². The summed E-state index contributed by atoms with van der Waals surface area (Å²) in [5.41, 5.74) is 0.804. The maximum Gasteiger partial charge on any atom is 0.0204 e. The lowest BCUT2D eigenvalue weighted by Crippen LogP contribution is -2.40. The zero-order valence-corrected chi connectivity index (χ0v) is 11.4. The van der Waals surface area contributed by atoms with Gasteiger partial charge in [-0.2, -0.15) is 0 Å². The molecule has 0 amide bonds. The Morgan fingerprint density at radius 2 is 1.71 bits per heavy atom. The van der Waals surface area contributed by atoms with Gasteiger partial charge < -0.3 is 5.32 Å². The van der Waals surface area contributed by atoms with Crippen LogP contribution < -0.4 is 5.32 Å². The summed E-state index contributed by atoms with van der Waals surface area (Å²) in [6.45, 7) is 2.64. The summed E-state index contributed by atoms with van der Waals surface area (Å²) in [6, 6.07) is 1.68. The van der Waals surface area contributed by atoms with E-state index < -0.39 is 0 Å². The van der Waals surface area contributed by atoms with E-state index in [1.54, 1.807) is 12.8 Å². The van der Waals surface area contributed by atoms with Crippen LogP contribution in [0.4, 0.5) is 0 Å². The van der Waals surface area contributed by atoms with Gasteiger partial charge in [0.15, 0.2) is 0 Å². The SMILES string of the molecule is CNC1CCN(C2CCC3(CCCC3)CC2)C1. The molecule has 2 aliphatic carbocycles. The summed E-state index contributed by atoms with van der Waals surface area (Å²) in [4.78, 5) is 2.77. The van der Waals surface area contributed by atoms with Crippen LogP contribution in [-0.2, 0) is 0 Å². The number of hydrogen-bond donors (Lipinski definition) is 1. The third-order valence-corrected chi connectivity index (χ3v) is 5.82. The zero-order valence-electron chi connectivity index (χ0n) is 11.4. The average molecular weight is 236 g/mol. The summed E-state index contributed by atoms with van der Waals surface area (Å²) in [7, 11) is 2.11. The minimum atomic E-state index is 0.761. The summed E-state index contributed by atoms with van der Waals surface area (Å²) >= 11 is 0. The zero-order chi connectivity index (χ0) is 11.7.